The van der Waals surface area contributed by atoms with E-state index in [1.807, 2.05) is 115 Å². The van der Waals surface area contributed by atoms with Gasteiger partial charge in [-0.1, -0.05) is 164 Å². The Labute approximate surface area is 333 Å². The smallest absolute Gasteiger partial charge is 0.356 e. The number of amides is 2. The largest absolute Gasteiger partial charge is 0.448 e. The molecule has 2 amide bonds. The van der Waals surface area contributed by atoms with E-state index in [9.17, 15) is 14.4 Å². The third kappa shape index (κ3) is 7.14. The van der Waals surface area contributed by atoms with Crippen LogP contribution >= 0.6 is 23.3 Å². The number of rotatable bonds is 13. The molecule has 1 fully saturated rings. The number of thioether (sulfide) groups is 1. The van der Waals surface area contributed by atoms with E-state index < -0.39 is 40.8 Å². The van der Waals surface area contributed by atoms with Crippen molar-refractivity contribution < 1.29 is 19.1 Å². The molecule has 2 aliphatic rings. The van der Waals surface area contributed by atoms with Crippen LogP contribution in [0.15, 0.2) is 176 Å². The third-order valence-corrected chi connectivity index (χ3v) is 11.9. The van der Waals surface area contributed by atoms with Crippen LogP contribution in [-0.2, 0) is 31.1 Å². The third-order valence-electron chi connectivity index (χ3n) is 9.89. The van der Waals surface area contributed by atoms with E-state index in [1.54, 1.807) is 6.08 Å². The van der Waals surface area contributed by atoms with E-state index >= 15 is 0 Å². The van der Waals surface area contributed by atoms with Gasteiger partial charge in [-0.15, -0.1) is 11.8 Å². The van der Waals surface area contributed by atoms with Crippen LogP contribution in [0, 0.1) is 0 Å². The molecular formula is C45H37N5O4S2. The van der Waals surface area contributed by atoms with Crippen molar-refractivity contribution in [1.82, 2.24) is 19.6 Å². The van der Waals surface area contributed by atoms with E-state index in [-0.39, 0.29) is 12.1 Å². The van der Waals surface area contributed by atoms with Crippen LogP contribution in [-0.4, -0.2) is 49.2 Å². The van der Waals surface area contributed by atoms with Gasteiger partial charge >= 0.3 is 5.97 Å². The Hall–Kier alpha value is -6.30. The minimum atomic E-state index is -0.834. The van der Waals surface area contributed by atoms with Gasteiger partial charge in [0.15, 0.2) is 11.9 Å². The fourth-order valence-corrected chi connectivity index (χ4v) is 9.20. The molecule has 0 aliphatic carbocycles. The summed E-state index contributed by atoms with van der Waals surface area (Å²) < 4.78 is 10.7. The number of fused-ring (bicyclic) bond motifs is 1. The molecular weight excluding hydrogens is 739 g/mol. The minimum absolute atomic E-state index is 0.132. The van der Waals surface area contributed by atoms with Crippen molar-refractivity contribution in [2.24, 2.45) is 0 Å². The van der Waals surface area contributed by atoms with Crippen LogP contribution in [0.1, 0.15) is 39.7 Å². The van der Waals surface area contributed by atoms with Gasteiger partial charge in [-0.25, -0.2) is 9.78 Å². The van der Waals surface area contributed by atoms with Crippen LogP contribution in [0.5, 0.6) is 0 Å². The molecule has 56 heavy (non-hydrogen) atoms. The first kappa shape index (κ1) is 36.7. The Kier molecular flexibility index (Phi) is 10.6. The van der Waals surface area contributed by atoms with E-state index in [0.29, 0.717) is 22.3 Å². The second-order valence-corrected chi connectivity index (χ2v) is 15.2. The Morgan fingerprint density at radius 1 is 0.804 bits per heavy atom. The summed E-state index contributed by atoms with van der Waals surface area (Å²) in [6.07, 6.45) is 0.764. The van der Waals surface area contributed by atoms with Crippen LogP contribution in [0.4, 0.5) is 5.13 Å². The summed E-state index contributed by atoms with van der Waals surface area (Å²) in [5, 5.41) is 6.62. The van der Waals surface area contributed by atoms with Gasteiger partial charge in [0.2, 0.25) is 11.0 Å². The molecule has 0 spiro atoms. The molecule has 1 aromatic heterocycles. The molecule has 5 aromatic carbocycles. The van der Waals surface area contributed by atoms with Crippen molar-refractivity contribution in [2.75, 3.05) is 11.1 Å². The number of esters is 1. The van der Waals surface area contributed by atoms with E-state index in [1.165, 1.54) is 28.2 Å². The number of anilines is 1. The van der Waals surface area contributed by atoms with E-state index in [0.717, 1.165) is 27.8 Å². The molecule has 2 N–H and O–H groups in total. The first-order valence-corrected chi connectivity index (χ1v) is 20.0. The van der Waals surface area contributed by atoms with Gasteiger partial charge in [-0.3, -0.25) is 14.5 Å². The molecule has 0 radical (unpaired) electrons. The van der Waals surface area contributed by atoms with Gasteiger partial charge in [0, 0.05) is 17.3 Å². The Morgan fingerprint density at radius 2 is 1.30 bits per heavy atom. The highest BCUT2D eigenvalue weighted by atomic mass is 32.2. The van der Waals surface area contributed by atoms with Crippen molar-refractivity contribution in [3.63, 3.8) is 0 Å². The number of carbonyl (C=O) groups is 3. The first-order valence-electron chi connectivity index (χ1n) is 18.1. The SMILES string of the molecule is C=CC1=C(C(=O)OC(c2ccccc2)c2ccccc2)N2C(=O)C(NC(=O)Cc3nsc(NC(c4ccccc4)(c4ccccc4)c4ccccc4)n3)[C@H]2SC1. The van der Waals surface area contributed by atoms with Gasteiger partial charge in [-0.2, -0.15) is 4.37 Å². The number of aromatic nitrogens is 2. The van der Waals surface area contributed by atoms with Crippen molar-refractivity contribution in [1.29, 1.82) is 0 Å². The molecule has 1 unspecified atom stereocenters. The number of nitrogens with one attached hydrogen (secondary N) is 2. The van der Waals surface area contributed by atoms with Crippen LogP contribution in [0.3, 0.4) is 0 Å². The molecule has 9 nitrogen and oxygen atoms in total. The zero-order chi connectivity index (χ0) is 38.5. The first-order chi connectivity index (χ1) is 27.5. The monoisotopic (exact) mass is 775 g/mol. The fourth-order valence-electron chi connectivity index (χ4n) is 7.22. The van der Waals surface area contributed by atoms with E-state index in [2.05, 4.69) is 58.0 Å². The number of hydrogen-bond donors (Lipinski definition) is 2. The number of allylic oxidation sites excluding steroid dienone is 1. The maximum Gasteiger partial charge on any atom is 0.356 e. The Bertz CT molecular complexity index is 2240. The van der Waals surface area contributed by atoms with Crippen molar-refractivity contribution >= 4 is 46.2 Å². The number of β-lactam (4-membered cyclic amide) rings is 1. The molecule has 3 heterocycles. The minimum Gasteiger partial charge on any atom is -0.448 e. The lowest BCUT2D eigenvalue weighted by Gasteiger charge is -2.49. The molecule has 6 aromatic rings. The lowest BCUT2D eigenvalue weighted by molar-refractivity contribution is -0.154. The zero-order valence-corrected chi connectivity index (χ0v) is 31.8. The van der Waals surface area contributed by atoms with Crippen molar-refractivity contribution in [3.05, 3.63) is 209 Å². The van der Waals surface area contributed by atoms with E-state index in [4.69, 9.17) is 9.72 Å². The van der Waals surface area contributed by atoms with Crippen LogP contribution < -0.4 is 10.6 Å². The van der Waals surface area contributed by atoms with Gasteiger partial charge < -0.3 is 15.4 Å². The summed E-state index contributed by atoms with van der Waals surface area (Å²) in [5.74, 6) is -0.687. The topological polar surface area (TPSA) is 114 Å². The highest BCUT2D eigenvalue weighted by molar-refractivity contribution is 8.00. The molecule has 278 valence electrons. The summed E-state index contributed by atoms with van der Waals surface area (Å²) in [5.41, 5.74) is 4.57. The number of ether oxygens (including phenoxy) is 1. The maximum absolute atomic E-state index is 14.0. The lowest BCUT2D eigenvalue weighted by Crippen LogP contribution is -2.70. The van der Waals surface area contributed by atoms with Crippen molar-refractivity contribution in [3.8, 4) is 0 Å². The number of nitrogens with zero attached hydrogens (tertiary/aromatic N) is 3. The van der Waals surface area contributed by atoms with Crippen LogP contribution in [0.2, 0.25) is 0 Å². The van der Waals surface area contributed by atoms with Crippen molar-refractivity contribution in [2.45, 2.75) is 29.5 Å². The molecule has 11 heteroatoms. The molecule has 8 rings (SSSR count). The normalized spacial score (nSPS) is 16.4. The van der Waals surface area contributed by atoms with Gasteiger partial charge in [-0.05, 0) is 33.4 Å². The van der Waals surface area contributed by atoms with Crippen LogP contribution in [0.25, 0.3) is 0 Å². The summed E-state index contributed by atoms with van der Waals surface area (Å²) in [7, 11) is 0. The Morgan fingerprint density at radius 3 is 1.80 bits per heavy atom. The van der Waals surface area contributed by atoms with Gasteiger partial charge in [0.05, 0.1) is 6.42 Å². The summed E-state index contributed by atoms with van der Waals surface area (Å²) in [6.45, 7) is 3.91. The lowest BCUT2D eigenvalue weighted by atomic mass is 9.77. The predicted octanol–water partition coefficient (Wildman–Crippen LogP) is 7.66. The fraction of sp³-hybridized carbons (Fsp3) is 0.133. The maximum atomic E-state index is 14.0. The standard InChI is InChI=1S/C45H37N5O4S2/c1-2-30-29-55-42-38(41(52)50(42)39(30)43(53)54-40(31-18-8-3-9-19-31)32-20-10-4-11-21-32)47-37(51)28-36-46-44(56-49-36)48-45(33-22-12-5-13-23-33,34-24-14-6-15-25-34)35-26-16-7-17-27-35/h2-27,38,40,42H,1,28-29H2,(H,47,51)(H,46,48,49)/t38?,42-/m1/s1. The highest BCUT2D eigenvalue weighted by Gasteiger charge is 2.54. The zero-order valence-electron chi connectivity index (χ0n) is 30.2. The second-order valence-electron chi connectivity index (χ2n) is 13.3. The molecule has 0 saturated carbocycles. The van der Waals surface area contributed by atoms with Gasteiger partial charge in [0.25, 0.3) is 5.91 Å². The van der Waals surface area contributed by atoms with Gasteiger partial charge in [0.1, 0.15) is 22.7 Å². The molecule has 0 bridgehead atoms. The molecule has 2 atom stereocenters. The summed E-state index contributed by atoms with van der Waals surface area (Å²) >= 11 is 2.63. The predicted molar refractivity (Wildman–Crippen MR) is 220 cm³/mol. The number of benzene rings is 5. The summed E-state index contributed by atoms with van der Waals surface area (Å²) in [6, 6.07) is 48.6. The Balaban J connectivity index is 0.982. The molecule has 1 saturated heterocycles. The summed E-state index contributed by atoms with van der Waals surface area (Å²) in [4.78, 5) is 47.4. The number of carbonyl (C=O) groups excluding carboxylic acids is 3. The second kappa shape index (κ2) is 16.2. The highest BCUT2D eigenvalue weighted by Crippen LogP contribution is 2.43. The molecule has 2 aliphatic heterocycles. The quantitative estimate of drug-likeness (QED) is 0.0699. The number of hydrogen-bond acceptors (Lipinski definition) is 9. The average molecular weight is 776 g/mol. The average Bonchev–Trinajstić information content (AvgIpc) is 3.70.